The molecule has 3 aromatic carbocycles. The Kier molecular flexibility index (Phi) is 14.5. The Morgan fingerprint density at radius 3 is 1.71 bits per heavy atom. The van der Waals surface area contributed by atoms with Crippen LogP contribution < -0.4 is 15.9 Å². The maximum absolute atomic E-state index is 12.4. The Morgan fingerprint density at radius 2 is 1.27 bits per heavy atom. The van der Waals surface area contributed by atoms with Crippen molar-refractivity contribution in [1.82, 2.24) is 5.32 Å². The van der Waals surface area contributed by atoms with E-state index in [0.717, 1.165) is 44.7 Å². The summed E-state index contributed by atoms with van der Waals surface area (Å²) in [6.07, 6.45) is 9.88. The zero-order valence-electron chi connectivity index (χ0n) is 26.7. The quantitative estimate of drug-likeness (QED) is 0.0498. The summed E-state index contributed by atoms with van der Waals surface area (Å²) in [5, 5.41) is 36.3. The third-order valence-corrected chi connectivity index (χ3v) is 18.1. The first-order valence-corrected chi connectivity index (χ1v) is 19.7. The van der Waals surface area contributed by atoms with Crippen molar-refractivity contribution in [1.29, 1.82) is 0 Å². The Morgan fingerprint density at radius 1 is 0.800 bits per heavy atom. The Hall–Kier alpha value is -2.83. The van der Waals surface area contributed by atoms with Crippen molar-refractivity contribution in [3.8, 4) is 0 Å². The summed E-state index contributed by atoms with van der Waals surface area (Å²) in [6, 6.07) is 26.0. The number of hydrogen-bond acceptors (Lipinski definition) is 5. The number of halogens is 1. The average Bonchev–Trinajstić information content (AvgIpc) is 3.06. The number of nitro benzene ring substituents is 1. The second-order valence-corrected chi connectivity index (χ2v) is 19.7. The van der Waals surface area contributed by atoms with Gasteiger partial charge in [-0.05, 0) is 17.7 Å². The molecule has 3 aromatic rings. The number of carbonyl (C=O) groups excluding carboxylic acids is 1. The van der Waals surface area contributed by atoms with Gasteiger partial charge in [0.25, 0.3) is 5.69 Å². The summed E-state index contributed by atoms with van der Waals surface area (Å²) >= 11 is 7.97. The molecular formula is C36H50ClN2O5P. The molecule has 9 heteroatoms. The minimum atomic E-state index is -2.89. The zero-order valence-corrected chi connectivity index (χ0v) is 28.3. The van der Waals surface area contributed by atoms with Gasteiger partial charge in [-0.2, -0.15) is 0 Å². The first kappa shape index (κ1) is 36.6. The van der Waals surface area contributed by atoms with Gasteiger partial charge in [-0.25, -0.2) is 0 Å². The van der Waals surface area contributed by atoms with E-state index in [4.69, 9.17) is 11.2 Å². The molecule has 0 fully saturated rings. The number of hydrogen-bond donors (Lipinski definition) is 3. The van der Waals surface area contributed by atoms with Gasteiger partial charge in [-0.3, -0.25) is 14.9 Å². The number of aliphatic hydroxyl groups excluding tert-OH is 2. The molecule has 0 aliphatic heterocycles. The second-order valence-electron chi connectivity index (χ2n) is 12.3. The summed E-state index contributed by atoms with van der Waals surface area (Å²) < 4.78 is 0. The van der Waals surface area contributed by atoms with Crippen LogP contribution in [-0.4, -0.2) is 45.5 Å². The average molecular weight is 657 g/mol. The molecule has 0 radical (unpaired) electrons. The fourth-order valence-corrected chi connectivity index (χ4v) is 12.3. The molecule has 0 saturated heterocycles. The molecule has 0 aliphatic rings. The fourth-order valence-electron chi connectivity index (χ4n) is 6.24. The topological polar surface area (TPSA) is 113 Å². The maximum atomic E-state index is 12.4. The van der Waals surface area contributed by atoms with E-state index >= 15 is 0 Å². The third kappa shape index (κ3) is 9.59. The molecule has 3 N–H and O–H groups in total. The van der Waals surface area contributed by atoms with Gasteiger partial charge in [0, 0.05) is 12.1 Å². The van der Waals surface area contributed by atoms with Gasteiger partial charge in [0.2, 0.25) is 0 Å². The number of nitrogens with zero attached hydrogens (tertiary/aromatic N) is 1. The summed E-state index contributed by atoms with van der Waals surface area (Å²) in [5.74, 6) is -3.11. The predicted octanol–water partition coefficient (Wildman–Crippen LogP) is 7.77. The summed E-state index contributed by atoms with van der Waals surface area (Å²) in [4.78, 5) is 22.7. The van der Waals surface area contributed by atoms with Crippen LogP contribution in [0.3, 0.4) is 0 Å². The van der Waals surface area contributed by atoms with Crippen LogP contribution in [-0.2, 0) is 4.79 Å². The van der Waals surface area contributed by atoms with Crippen molar-refractivity contribution in [2.75, 3.05) is 12.8 Å². The first-order valence-electron chi connectivity index (χ1n) is 16.3. The van der Waals surface area contributed by atoms with Crippen LogP contribution in [0.4, 0.5) is 5.69 Å². The van der Waals surface area contributed by atoms with Crippen LogP contribution in [0.5, 0.6) is 0 Å². The second kappa shape index (κ2) is 17.8. The third-order valence-electron chi connectivity index (χ3n) is 9.07. The van der Waals surface area contributed by atoms with Crippen LogP contribution in [0, 0.1) is 10.1 Å². The van der Waals surface area contributed by atoms with Crippen LogP contribution in [0.15, 0.2) is 84.9 Å². The molecule has 45 heavy (non-hydrogen) atoms. The normalized spacial score (nSPS) is 14.0. The van der Waals surface area contributed by atoms with Crippen molar-refractivity contribution in [3.63, 3.8) is 0 Å². The van der Waals surface area contributed by atoms with Crippen LogP contribution in [0.2, 0.25) is 0 Å². The molecule has 2 atom stereocenters. The molecule has 0 aromatic heterocycles. The summed E-state index contributed by atoms with van der Waals surface area (Å²) in [7, 11) is 0. The number of nitrogens with one attached hydrogen (secondary N) is 1. The molecule has 246 valence electrons. The number of aliphatic hydroxyl groups is 2. The van der Waals surface area contributed by atoms with Crippen LogP contribution >= 0.6 is 17.2 Å². The Balaban J connectivity index is 1.34. The SMILES string of the molecule is CC(C)P(Cl)(CCCCCCCCCCCC(=O)N[C@H](CO)[C@H](O)c1ccc([N+](=O)[O-])cc1)(c1ccccc1)c1ccccc1. The van der Waals surface area contributed by atoms with Gasteiger partial charge in [0.05, 0.1) is 17.6 Å². The number of unbranched alkanes of at least 4 members (excludes halogenated alkanes) is 8. The molecule has 0 heterocycles. The number of non-ortho nitro benzene ring substituents is 1. The number of carbonyl (C=O) groups is 1. The van der Waals surface area contributed by atoms with E-state index in [1.54, 1.807) is 0 Å². The molecule has 0 spiro atoms. The van der Waals surface area contributed by atoms with Gasteiger partial charge in [0.15, 0.2) is 0 Å². The molecule has 7 nitrogen and oxygen atoms in total. The molecule has 0 bridgehead atoms. The zero-order chi connectivity index (χ0) is 32.7. The van der Waals surface area contributed by atoms with Crippen molar-refractivity contribution in [2.24, 2.45) is 0 Å². The van der Waals surface area contributed by atoms with E-state index in [-0.39, 0.29) is 11.6 Å². The van der Waals surface area contributed by atoms with E-state index in [0.29, 0.717) is 17.6 Å². The predicted molar refractivity (Wildman–Crippen MR) is 188 cm³/mol. The monoisotopic (exact) mass is 656 g/mol. The number of benzene rings is 3. The van der Waals surface area contributed by atoms with Crippen LogP contribution in [0.25, 0.3) is 0 Å². The standard InChI is InChI=1S/C36H50ClN2O5P/c1-29(2)45(37,32-18-12-10-13-19-32,33-20-14-11-15-21-33)27-17-9-7-5-3-4-6-8-16-22-35(41)38-34(28-40)36(42)30-23-25-31(26-24-30)39(43)44/h10-15,18-21,23-26,29,34,36,40,42H,3-9,16-17,22,27-28H2,1-2H3,(H,38,41)/t34-,36-/m1/s1. The van der Waals surface area contributed by atoms with Crippen molar-refractivity contribution < 1.29 is 19.9 Å². The van der Waals surface area contributed by atoms with Gasteiger partial charge in [-0.1, -0.05) is 0 Å². The molecule has 1 amide bonds. The van der Waals surface area contributed by atoms with Gasteiger partial charge < -0.3 is 15.5 Å². The Bertz CT molecular complexity index is 1280. The number of amides is 1. The van der Waals surface area contributed by atoms with Crippen LogP contribution in [0.1, 0.15) is 89.7 Å². The van der Waals surface area contributed by atoms with Crippen molar-refractivity contribution in [2.45, 2.75) is 95.9 Å². The molecular weight excluding hydrogens is 607 g/mol. The number of rotatable bonds is 20. The van der Waals surface area contributed by atoms with Gasteiger partial charge in [-0.15, -0.1) is 0 Å². The Labute approximate surface area is 273 Å². The van der Waals surface area contributed by atoms with Crippen molar-refractivity contribution >= 4 is 39.4 Å². The van der Waals surface area contributed by atoms with E-state index in [9.17, 15) is 25.1 Å². The summed E-state index contributed by atoms with van der Waals surface area (Å²) in [5.41, 5.74) is 0.645. The van der Waals surface area contributed by atoms with E-state index in [2.05, 4.69) is 79.8 Å². The molecule has 0 aliphatic carbocycles. The summed E-state index contributed by atoms with van der Waals surface area (Å²) in [6.45, 7) is 4.13. The fraction of sp³-hybridized carbons (Fsp3) is 0.472. The number of nitro groups is 1. The van der Waals surface area contributed by atoms with Crippen molar-refractivity contribution in [3.05, 3.63) is 101 Å². The first-order chi connectivity index (χ1) is 21.6. The van der Waals surface area contributed by atoms with E-state index in [1.807, 2.05) is 0 Å². The molecule has 0 saturated carbocycles. The van der Waals surface area contributed by atoms with Gasteiger partial charge in [0.1, 0.15) is 6.10 Å². The van der Waals surface area contributed by atoms with E-state index < -0.39 is 29.6 Å². The minimum absolute atomic E-state index is 0.0865. The van der Waals surface area contributed by atoms with Gasteiger partial charge >= 0.3 is 184 Å². The van der Waals surface area contributed by atoms with E-state index in [1.165, 1.54) is 54.1 Å². The molecule has 0 unspecified atom stereocenters. The molecule has 3 rings (SSSR count).